The molecule has 122 valence electrons. The highest BCUT2D eigenvalue weighted by molar-refractivity contribution is 9.10. The predicted molar refractivity (Wildman–Crippen MR) is 91.0 cm³/mol. The molecule has 23 heavy (non-hydrogen) atoms. The number of aryl methyl sites for hydroxylation is 1. The monoisotopic (exact) mass is 444 g/mol. The van der Waals surface area contributed by atoms with Gasteiger partial charge < -0.3 is 9.15 Å². The Kier molecular flexibility index (Phi) is 6.23. The van der Waals surface area contributed by atoms with Crippen LogP contribution < -0.4 is 15.6 Å². The summed E-state index contributed by atoms with van der Waals surface area (Å²) in [5, 5.41) is 0. The number of rotatable bonds is 5. The molecule has 2 amide bonds. The van der Waals surface area contributed by atoms with Crippen LogP contribution in [0, 0.1) is 0 Å². The molecule has 0 bridgehead atoms. The standard InChI is InChI=1S/C15H14Br2N2O4/c1-2-9-3-4-11(10(16)7-9)22-8-14(20)18-19-15(21)12-5-6-13(17)23-12/h3-7H,2,8H2,1H3,(H,18,20)(H,19,21). The lowest BCUT2D eigenvalue weighted by molar-refractivity contribution is -0.123. The first-order chi connectivity index (χ1) is 11.0. The van der Waals surface area contributed by atoms with E-state index in [1.54, 1.807) is 12.1 Å². The van der Waals surface area contributed by atoms with E-state index in [0.717, 1.165) is 16.5 Å². The molecule has 0 saturated heterocycles. The van der Waals surface area contributed by atoms with Gasteiger partial charge in [-0.2, -0.15) is 0 Å². The average Bonchev–Trinajstić information content (AvgIpc) is 2.97. The van der Waals surface area contributed by atoms with E-state index in [-0.39, 0.29) is 12.4 Å². The smallest absolute Gasteiger partial charge is 0.305 e. The number of halogens is 2. The second-order valence-corrected chi connectivity index (χ2v) is 6.15. The van der Waals surface area contributed by atoms with Crippen molar-refractivity contribution >= 4 is 43.7 Å². The largest absolute Gasteiger partial charge is 0.483 e. The maximum atomic E-state index is 11.7. The van der Waals surface area contributed by atoms with Crippen LogP contribution in [-0.2, 0) is 11.2 Å². The van der Waals surface area contributed by atoms with E-state index in [1.165, 1.54) is 6.07 Å². The van der Waals surface area contributed by atoms with Gasteiger partial charge in [0.05, 0.1) is 4.47 Å². The van der Waals surface area contributed by atoms with Crippen molar-refractivity contribution in [3.8, 4) is 5.75 Å². The molecule has 2 rings (SSSR count). The first-order valence-corrected chi connectivity index (χ1v) is 8.34. The topological polar surface area (TPSA) is 80.6 Å². The molecule has 0 radical (unpaired) electrons. The fourth-order valence-electron chi connectivity index (χ4n) is 1.69. The van der Waals surface area contributed by atoms with E-state index in [0.29, 0.717) is 10.4 Å². The zero-order chi connectivity index (χ0) is 16.8. The number of hydrogen-bond acceptors (Lipinski definition) is 4. The Hall–Kier alpha value is -1.80. The fourth-order valence-corrected chi connectivity index (χ4v) is 2.53. The average molecular weight is 446 g/mol. The van der Waals surface area contributed by atoms with Gasteiger partial charge in [-0.1, -0.05) is 13.0 Å². The van der Waals surface area contributed by atoms with E-state index in [1.807, 2.05) is 12.1 Å². The number of furan rings is 1. The lowest BCUT2D eigenvalue weighted by atomic mass is 10.2. The summed E-state index contributed by atoms with van der Waals surface area (Å²) in [6, 6.07) is 8.71. The van der Waals surface area contributed by atoms with Crippen LogP contribution in [0.3, 0.4) is 0 Å². The highest BCUT2D eigenvalue weighted by Gasteiger charge is 2.12. The Labute approximate surface area is 149 Å². The minimum Gasteiger partial charge on any atom is -0.483 e. The first-order valence-electron chi connectivity index (χ1n) is 6.75. The van der Waals surface area contributed by atoms with Crippen molar-refractivity contribution in [1.29, 1.82) is 0 Å². The molecule has 0 spiro atoms. The van der Waals surface area contributed by atoms with Crippen molar-refractivity contribution in [1.82, 2.24) is 10.9 Å². The van der Waals surface area contributed by atoms with Crippen LogP contribution in [0.1, 0.15) is 23.0 Å². The third-order valence-electron chi connectivity index (χ3n) is 2.88. The molecule has 2 N–H and O–H groups in total. The maximum absolute atomic E-state index is 11.7. The number of benzene rings is 1. The highest BCUT2D eigenvalue weighted by Crippen LogP contribution is 2.26. The van der Waals surface area contributed by atoms with Crippen LogP contribution in [0.4, 0.5) is 0 Å². The van der Waals surface area contributed by atoms with Crippen LogP contribution >= 0.6 is 31.9 Å². The van der Waals surface area contributed by atoms with Gasteiger partial charge >= 0.3 is 5.91 Å². The van der Waals surface area contributed by atoms with Crippen LogP contribution in [0.25, 0.3) is 0 Å². The second kappa shape index (κ2) is 8.16. The van der Waals surface area contributed by atoms with Crippen molar-refractivity contribution in [3.63, 3.8) is 0 Å². The van der Waals surface area contributed by atoms with Gasteiger partial charge in [0.1, 0.15) is 5.75 Å². The molecule has 6 nitrogen and oxygen atoms in total. The zero-order valence-corrected chi connectivity index (χ0v) is 15.4. The van der Waals surface area contributed by atoms with E-state index in [4.69, 9.17) is 9.15 Å². The predicted octanol–water partition coefficient (Wildman–Crippen LogP) is 3.21. The molecule has 0 fully saturated rings. The van der Waals surface area contributed by atoms with Crippen LogP contribution in [0.15, 0.2) is 43.9 Å². The van der Waals surface area contributed by atoms with Gasteiger partial charge in [-0.15, -0.1) is 0 Å². The number of ether oxygens (including phenoxy) is 1. The molecule has 1 aromatic carbocycles. The Morgan fingerprint density at radius 2 is 1.96 bits per heavy atom. The normalized spacial score (nSPS) is 10.2. The van der Waals surface area contributed by atoms with Crippen molar-refractivity contribution < 1.29 is 18.7 Å². The van der Waals surface area contributed by atoms with Gasteiger partial charge in [0.2, 0.25) is 0 Å². The van der Waals surface area contributed by atoms with Crippen LogP contribution in [-0.4, -0.2) is 18.4 Å². The van der Waals surface area contributed by atoms with Gasteiger partial charge in [-0.05, 0) is 68.1 Å². The quantitative estimate of drug-likeness (QED) is 0.692. The Morgan fingerprint density at radius 3 is 2.57 bits per heavy atom. The van der Waals surface area contributed by atoms with Crippen molar-refractivity contribution in [2.45, 2.75) is 13.3 Å². The Balaban J connectivity index is 1.80. The Bertz CT molecular complexity index is 715. The van der Waals surface area contributed by atoms with E-state index < -0.39 is 11.8 Å². The third-order valence-corrected chi connectivity index (χ3v) is 3.92. The molecule has 8 heteroatoms. The number of amides is 2. The molecule has 0 aliphatic carbocycles. The molecule has 1 aromatic heterocycles. The summed E-state index contributed by atoms with van der Waals surface area (Å²) in [7, 11) is 0. The maximum Gasteiger partial charge on any atom is 0.305 e. The number of hydrazine groups is 1. The highest BCUT2D eigenvalue weighted by atomic mass is 79.9. The zero-order valence-electron chi connectivity index (χ0n) is 12.2. The van der Waals surface area contributed by atoms with E-state index >= 15 is 0 Å². The molecule has 2 aromatic rings. The summed E-state index contributed by atoms with van der Waals surface area (Å²) in [6.07, 6.45) is 0.911. The molecule has 0 aliphatic heterocycles. The van der Waals surface area contributed by atoms with Gasteiger partial charge in [-0.3, -0.25) is 20.4 Å². The minimum atomic E-state index is -0.558. The van der Waals surface area contributed by atoms with Gasteiger partial charge in [0.25, 0.3) is 5.91 Å². The number of nitrogens with one attached hydrogen (secondary N) is 2. The molecule has 0 atom stereocenters. The number of hydrogen-bond donors (Lipinski definition) is 2. The Morgan fingerprint density at radius 1 is 1.17 bits per heavy atom. The summed E-state index contributed by atoms with van der Waals surface area (Å²) in [6.45, 7) is 1.82. The van der Waals surface area contributed by atoms with Gasteiger partial charge in [-0.25, -0.2) is 0 Å². The van der Waals surface area contributed by atoms with Crippen LogP contribution in [0.2, 0.25) is 0 Å². The molecular weight excluding hydrogens is 432 g/mol. The number of carbonyl (C=O) groups excluding carboxylic acids is 2. The molecular formula is C15H14Br2N2O4. The second-order valence-electron chi connectivity index (χ2n) is 4.51. The lowest BCUT2D eigenvalue weighted by Crippen LogP contribution is -2.43. The molecule has 0 saturated carbocycles. The summed E-state index contributed by atoms with van der Waals surface area (Å²) in [5.74, 6) is -0.414. The van der Waals surface area contributed by atoms with Crippen molar-refractivity contribution in [3.05, 3.63) is 50.8 Å². The SMILES string of the molecule is CCc1ccc(OCC(=O)NNC(=O)c2ccc(Br)o2)c(Br)c1. The third kappa shape index (κ3) is 5.11. The lowest BCUT2D eigenvalue weighted by Gasteiger charge is -2.10. The number of carbonyl (C=O) groups is 2. The van der Waals surface area contributed by atoms with Crippen molar-refractivity contribution in [2.75, 3.05) is 6.61 Å². The summed E-state index contributed by atoms with van der Waals surface area (Å²) in [5.41, 5.74) is 5.64. The molecule has 0 aliphatic rings. The minimum absolute atomic E-state index is 0.0796. The fraction of sp³-hybridized carbons (Fsp3) is 0.200. The van der Waals surface area contributed by atoms with Gasteiger partial charge in [0, 0.05) is 0 Å². The molecule has 1 heterocycles. The van der Waals surface area contributed by atoms with Gasteiger partial charge in [0.15, 0.2) is 17.0 Å². The van der Waals surface area contributed by atoms with E-state index in [2.05, 4.69) is 49.6 Å². The summed E-state index contributed by atoms with van der Waals surface area (Å²) in [4.78, 5) is 23.4. The van der Waals surface area contributed by atoms with Crippen molar-refractivity contribution in [2.24, 2.45) is 0 Å². The summed E-state index contributed by atoms with van der Waals surface area (Å²) < 4.78 is 11.7. The van der Waals surface area contributed by atoms with Crippen LogP contribution in [0.5, 0.6) is 5.75 Å². The van der Waals surface area contributed by atoms with E-state index in [9.17, 15) is 9.59 Å². The summed E-state index contributed by atoms with van der Waals surface area (Å²) >= 11 is 6.48. The first kappa shape index (κ1) is 17.6. The molecule has 0 unspecified atom stereocenters.